The second-order valence-corrected chi connectivity index (χ2v) is 5.77. The summed E-state index contributed by atoms with van der Waals surface area (Å²) in [5.74, 6) is 1.90. The van der Waals surface area contributed by atoms with Crippen LogP contribution in [0.25, 0.3) is 0 Å². The number of amides is 1. The Bertz CT molecular complexity index is 813. The Kier molecular flexibility index (Phi) is 5.59. The van der Waals surface area contributed by atoms with Gasteiger partial charge in [0.15, 0.2) is 6.10 Å². The fraction of sp³-hybridized carbons (Fsp3) is 0.190. The molecule has 1 heterocycles. The van der Waals surface area contributed by atoms with E-state index in [0.29, 0.717) is 18.1 Å². The van der Waals surface area contributed by atoms with Gasteiger partial charge in [-0.15, -0.1) is 0 Å². The first-order valence-electron chi connectivity index (χ1n) is 8.37. The highest BCUT2D eigenvalue weighted by molar-refractivity contribution is 5.96. The lowest BCUT2D eigenvalue weighted by Crippen LogP contribution is -2.40. The predicted octanol–water partition coefficient (Wildman–Crippen LogP) is 4.29. The summed E-state index contributed by atoms with van der Waals surface area (Å²) in [7, 11) is 1.61. The maximum absolute atomic E-state index is 13.0. The summed E-state index contributed by atoms with van der Waals surface area (Å²) in [6, 6.07) is 20.3. The van der Waals surface area contributed by atoms with Crippen LogP contribution in [0.15, 0.2) is 77.4 Å². The molecule has 5 heteroatoms. The smallest absolute Gasteiger partial charge is 0.268 e. The molecule has 3 rings (SSSR count). The van der Waals surface area contributed by atoms with Gasteiger partial charge in [-0.1, -0.05) is 18.2 Å². The summed E-state index contributed by atoms with van der Waals surface area (Å²) in [6.07, 6.45) is 0.943. The van der Waals surface area contributed by atoms with E-state index in [9.17, 15) is 4.79 Å². The van der Waals surface area contributed by atoms with Crippen molar-refractivity contribution in [2.24, 2.45) is 0 Å². The number of carbonyl (C=O) groups excluding carboxylic acids is 1. The summed E-state index contributed by atoms with van der Waals surface area (Å²) < 4.78 is 16.4. The molecule has 2 aromatic carbocycles. The molecule has 1 atom stereocenters. The maximum atomic E-state index is 13.0. The van der Waals surface area contributed by atoms with Gasteiger partial charge in [-0.25, -0.2) is 0 Å². The third-order valence-electron chi connectivity index (χ3n) is 3.95. The Hall–Kier alpha value is -3.21. The number of hydrogen-bond donors (Lipinski definition) is 0. The predicted molar refractivity (Wildman–Crippen MR) is 99.4 cm³/mol. The average Bonchev–Trinajstić information content (AvgIpc) is 3.20. The SMILES string of the molecule is COc1ccc(O[C@H](C)C(=O)N(Cc2ccco2)c2ccccc2)cc1. The van der Waals surface area contributed by atoms with Crippen LogP contribution < -0.4 is 14.4 Å². The van der Waals surface area contributed by atoms with E-state index in [1.54, 1.807) is 55.5 Å². The minimum atomic E-state index is -0.654. The van der Waals surface area contributed by atoms with Crippen LogP contribution in [0.3, 0.4) is 0 Å². The number of methoxy groups -OCH3 is 1. The van der Waals surface area contributed by atoms with Crippen LogP contribution in [-0.2, 0) is 11.3 Å². The fourth-order valence-electron chi connectivity index (χ4n) is 2.59. The van der Waals surface area contributed by atoms with Gasteiger partial charge >= 0.3 is 0 Å². The van der Waals surface area contributed by atoms with Crippen molar-refractivity contribution < 1.29 is 18.7 Å². The number of furan rings is 1. The van der Waals surface area contributed by atoms with Gasteiger partial charge in [0.2, 0.25) is 0 Å². The number of nitrogens with zero attached hydrogens (tertiary/aromatic N) is 1. The van der Waals surface area contributed by atoms with E-state index in [-0.39, 0.29) is 5.91 Å². The summed E-state index contributed by atoms with van der Waals surface area (Å²) in [4.78, 5) is 14.7. The van der Waals surface area contributed by atoms with Crippen molar-refractivity contribution in [3.63, 3.8) is 0 Å². The average molecular weight is 351 g/mol. The normalized spacial score (nSPS) is 11.6. The highest BCUT2D eigenvalue weighted by atomic mass is 16.5. The van der Waals surface area contributed by atoms with Crippen LogP contribution >= 0.6 is 0 Å². The third-order valence-corrected chi connectivity index (χ3v) is 3.95. The molecule has 0 aliphatic carbocycles. The van der Waals surface area contributed by atoms with Crippen LogP contribution in [0, 0.1) is 0 Å². The van der Waals surface area contributed by atoms with Crippen molar-refractivity contribution in [1.29, 1.82) is 0 Å². The number of carbonyl (C=O) groups is 1. The lowest BCUT2D eigenvalue weighted by Gasteiger charge is -2.25. The van der Waals surface area contributed by atoms with Crippen molar-refractivity contribution in [2.45, 2.75) is 19.6 Å². The molecule has 134 valence electrons. The van der Waals surface area contributed by atoms with Crippen LogP contribution in [0.5, 0.6) is 11.5 Å². The molecule has 0 radical (unpaired) electrons. The van der Waals surface area contributed by atoms with Crippen molar-refractivity contribution in [3.05, 3.63) is 78.8 Å². The molecule has 0 bridgehead atoms. The molecule has 1 aromatic heterocycles. The Morgan fingerprint density at radius 2 is 1.69 bits per heavy atom. The fourth-order valence-corrected chi connectivity index (χ4v) is 2.59. The van der Waals surface area contributed by atoms with Gasteiger partial charge in [-0.2, -0.15) is 0 Å². The Balaban J connectivity index is 1.77. The number of anilines is 1. The van der Waals surface area contributed by atoms with E-state index in [2.05, 4.69) is 0 Å². The molecule has 5 nitrogen and oxygen atoms in total. The molecule has 0 saturated carbocycles. The summed E-state index contributed by atoms with van der Waals surface area (Å²) in [5, 5.41) is 0. The topological polar surface area (TPSA) is 51.9 Å². The lowest BCUT2D eigenvalue weighted by molar-refractivity contribution is -0.124. The molecule has 0 saturated heterocycles. The minimum Gasteiger partial charge on any atom is -0.497 e. The van der Waals surface area contributed by atoms with E-state index in [1.807, 2.05) is 36.4 Å². The van der Waals surface area contributed by atoms with Gasteiger partial charge in [-0.3, -0.25) is 4.79 Å². The minimum absolute atomic E-state index is 0.150. The molecule has 26 heavy (non-hydrogen) atoms. The number of hydrogen-bond acceptors (Lipinski definition) is 4. The highest BCUT2D eigenvalue weighted by Gasteiger charge is 2.24. The monoisotopic (exact) mass is 351 g/mol. The van der Waals surface area contributed by atoms with E-state index < -0.39 is 6.10 Å². The molecule has 0 unspecified atom stereocenters. The van der Waals surface area contributed by atoms with Gasteiger partial charge in [0, 0.05) is 5.69 Å². The molecule has 0 fully saturated rings. The number of para-hydroxylation sites is 1. The lowest BCUT2D eigenvalue weighted by atomic mass is 10.2. The first-order valence-corrected chi connectivity index (χ1v) is 8.37. The largest absolute Gasteiger partial charge is 0.497 e. The molecule has 0 aliphatic rings. The molecular formula is C21H21NO4. The van der Waals surface area contributed by atoms with Crippen molar-refractivity contribution in [1.82, 2.24) is 0 Å². The van der Waals surface area contributed by atoms with Crippen LogP contribution in [0.2, 0.25) is 0 Å². The van der Waals surface area contributed by atoms with Crippen LogP contribution in [0.1, 0.15) is 12.7 Å². The molecule has 0 N–H and O–H groups in total. The van der Waals surface area contributed by atoms with E-state index in [4.69, 9.17) is 13.9 Å². The Morgan fingerprint density at radius 1 is 1.00 bits per heavy atom. The second kappa shape index (κ2) is 8.25. The van der Waals surface area contributed by atoms with Gasteiger partial charge in [-0.05, 0) is 55.5 Å². The van der Waals surface area contributed by atoms with E-state index in [1.165, 1.54) is 0 Å². The van der Waals surface area contributed by atoms with Gasteiger partial charge in [0.25, 0.3) is 5.91 Å². The Morgan fingerprint density at radius 3 is 2.31 bits per heavy atom. The van der Waals surface area contributed by atoms with E-state index >= 15 is 0 Å². The summed E-state index contributed by atoms with van der Waals surface area (Å²) >= 11 is 0. The van der Waals surface area contributed by atoms with Crippen molar-refractivity contribution in [3.8, 4) is 11.5 Å². The number of rotatable bonds is 7. The van der Waals surface area contributed by atoms with Gasteiger partial charge < -0.3 is 18.8 Å². The Labute approximate surface area is 152 Å². The highest BCUT2D eigenvalue weighted by Crippen LogP contribution is 2.22. The molecule has 0 spiro atoms. The molecule has 1 amide bonds. The zero-order valence-corrected chi connectivity index (χ0v) is 14.8. The number of ether oxygens (including phenoxy) is 2. The maximum Gasteiger partial charge on any atom is 0.268 e. The van der Waals surface area contributed by atoms with Crippen molar-refractivity contribution in [2.75, 3.05) is 12.0 Å². The zero-order valence-electron chi connectivity index (χ0n) is 14.8. The zero-order chi connectivity index (χ0) is 18.4. The quantitative estimate of drug-likeness (QED) is 0.637. The molecule has 3 aromatic rings. The molecule has 0 aliphatic heterocycles. The van der Waals surface area contributed by atoms with Crippen LogP contribution in [-0.4, -0.2) is 19.1 Å². The second-order valence-electron chi connectivity index (χ2n) is 5.77. The first kappa shape index (κ1) is 17.6. The third kappa shape index (κ3) is 4.25. The summed E-state index contributed by atoms with van der Waals surface area (Å²) in [5.41, 5.74) is 0.791. The summed E-state index contributed by atoms with van der Waals surface area (Å²) in [6.45, 7) is 2.08. The standard InChI is InChI=1S/C21H21NO4/c1-16(26-19-12-10-18(24-2)11-13-19)21(23)22(15-20-9-6-14-25-20)17-7-4-3-5-8-17/h3-14,16H,15H2,1-2H3/t16-/m1/s1. The van der Waals surface area contributed by atoms with Crippen molar-refractivity contribution >= 4 is 11.6 Å². The molecular weight excluding hydrogens is 330 g/mol. The van der Waals surface area contributed by atoms with Gasteiger partial charge in [0.1, 0.15) is 17.3 Å². The van der Waals surface area contributed by atoms with Gasteiger partial charge in [0.05, 0.1) is 19.9 Å². The number of benzene rings is 2. The van der Waals surface area contributed by atoms with E-state index in [0.717, 1.165) is 11.4 Å². The van der Waals surface area contributed by atoms with Crippen LogP contribution in [0.4, 0.5) is 5.69 Å². The first-order chi connectivity index (χ1) is 12.7.